The molecule has 152 valence electrons. The molecule has 4 rings (SSSR count). The van der Waals surface area contributed by atoms with Gasteiger partial charge < -0.3 is 4.90 Å². The molecule has 0 N–H and O–H groups in total. The second-order valence-corrected chi connectivity index (χ2v) is 7.22. The lowest BCUT2D eigenvalue weighted by atomic mass is 9.89. The summed E-state index contributed by atoms with van der Waals surface area (Å²) >= 11 is 0. The largest absolute Gasteiger partial charge is 0.347 e. The molecule has 1 aliphatic carbocycles. The highest BCUT2D eigenvalue weighted by atomic mass is 19.1. The van der Waals surface area contributed by atoms with Gasteiger partial charge in [-0.15, -0.1) is 0 Å². The Balaban J connectivity index is 1.91. The molecule has 0 spiro atoms. The van der Waals surface area contributed by atoms with E-state index in [2.05, 4.69) is 33.6 Å². The molecule has 0 radical (unpaired) electrons. The van der Waals surface area contributed by atoms with Crippen molar-refractivity contribution < 1.29 is 4.39 Å². The molecular weight excluding hydrogens is 387 g/mol. The van der Waals surface area contributed by atoms with Crippen LogP contribution >= 0.6 is 0 Å². The SMILES string of the molecule is C=C/C(=C\C1=C(N(C)c2ccc(F)cc2)CCc2cccnc21)c1cccnc1C#N. The van der Waals surface area contributed by atoms with Crippen LogP contribution in [0.1, 0.15) is 28.9 Å². The number of nitrogens with zero attached hydrogens (tertiary/aromatic N) is 4. The van der Waals surface area contributed by atoms with E-state index in [9.17, 15) is 9.65 Å². The fraction of sp³-hybridized carbons (Fsp3) is 0.115. The summed E-state index contributed by atoms with van der Waals surface area (Å²) in [5.74, 6) is -0.267. The molecular formula is C26H21FN4. The molecule has 0 unspecified atom stereocenters. The van der Waals surface area contributed by atoms with E-state index in [0.717, 1.165) is 46.6 Å². The molecule has 2 aromatic heterocycles. The third-order valence-electron chi connectivity index (χ3n) is 5.45. The molecule has 1 aliphatic rings. The van der Waals surface area contributed by atoms with Crippen molar-refractivity contribution in [2.24, 2.45) is 0 Å². The standard InChI is InChI=1S/C26H21FN4/c1-3-18(22-7-5-14-29-24(22)17-28)16-23-25(13-8-19-6-4-15-30-26(19)23)31(2)21-11-9-20(27)10-12-21/h3-7,9-12,14-16H,1,8,13H2,2H3/b18-16+. The van der Waals surface area contributed by atoms with Crippen molar-refractivity contribution in [3.05, 3.63) is 114 Å². The quantitative estimate of drug-likeness (QED) is 0.519. The average Bonchev–Trinajstić information content (AvgIpc) is 2.82. The minimum Gasteiger partial charge on any atom is -0.347 e. The van der Waals surface area contributed by atoms with Crippen molar-refractivity contribution in [3.8, 4) is 6.07 Å². The van der Waals surface area contributed by atoms with Gasteiger partial charge in [-0.2, -0.15) is 5.26 Å². The van der Waals surface area contributed by atoms with E-state index in [1.165, 1.54) is 17.7 Å². The van der Waals surface area contributed by atoms with Crippen molar-refractivity contribution in [2.45, 2.75) is 12.8 Å². The topological polar surface area (TPSA) is 52.8 Å². The number of pyridine rings is 2. The first-order valence-corrected chi connectivity index (χ1v) is 9.98. The Morgan fingerprint density at radius 2 is 1.84 bits per heavy atom. The first kappa shape index (κ1) is 20.2. The van der Waals surface area contributed by atoms with E-state index in [1.807, 2.05) is 25.3 Å². The summed E-state index contributed by atoms with van der Waals surface area (Å²) in [5.41, 5.74) is 6.85. The highest BCUT2D eigenvalue weighted by molar-refractivity contribution is 5.91. The monoisotopic (exact) mass is 408 g/mol. The number of anilines is 1. The van der Waals surface area contributed by atoms with Crippen LogP contribution in [0.3, 0.4) is 0 Å². The second kappa shape index (κ2) is 8.76. The van der Waals surface area contributed by atoms with E-state index < -0.39 is 0 Å². The Morgan fingerprint density at radius 3 is 2.58 bits per heavy atom. The molecule has 3 aromatic rings. The number of allylic oxidation sites excluding steroid dienone is 5. The van der Waals surface area contributed by atoms with Crippen LogP contribution in [-0.2, 0) is 6.42 Å². The molecule has 4 nitrogen and oxygen atoms in total. The van der Waals surface area contributed by atoms with Crippen molar-refractivity contribution in [3.63, 3.8) is 0 Å². The van der Waals surface area contributed by atoms with Gasteiger partial charge in [0, 0.05) is 42.0 Å². The summed E-state index contributed by atoms with van der Waals surface area (Å²) in [4.78, 5) is 10.9. The number of benzene rings is 1. The van der Waals surface area contributed by atoms with Gasteiger partial charge in [0.2, 0.25) is 0 Å². The summed E-state index contributed by atoms with van der Waals surface area (Å²) in [6.07, 6.45) is 8.81. The van der Waals surface area contributed by atoms with E-state index in [0.29, 0.717) is 5.69 Å². The van der Waals surface area contributed by atoms with Crippen LogP contribution in [-0.4, -0.2) is 17.0 Å². The number of halogens is 1. The van der Waals surface area contributed by atoms with E-state index in [1.54, 1.807) is 36.7 Å². The molecule has 1 aromatic carbocycles. The predicted molar refractivity (Wildman–Crippen MR) is 121 cm³/mol. The van der Waals surface area contributed by atoms with Gasteiger partial charge in [-0.3, -0.25) is 4.98 Å². The normalized spacial score (nSPS) is 13.4. The van der Waals surface area contributed by atoms with Crippen LogP contribution in [0.2, 0.25) is 0 Å². The van der Waals surface area contributed by atoms with Gasteiger partial charge in [0.15, 0.2) is 0 Å². The number of hydrogen-bond donors (Lipinski definition) is 0. The molecule has 2 heterocycles. The maximum atomic E-state index is 13.4. The minimum atomic E-state index is -0.267. The molecule has 0 aliphatic heterocycles. The number of fused-ring (bicyclic) bond motifs is 1. The molecule has 31 heavy (non-hydrogen) atoms. The molecule has 5 heteroatoms. The average molecular weight is 408 g/mol. The lowest BCUT2D eigenvalue weighted by Crippen LogP contribution is -2.22. The third kappa shape index (κ3) is 4.01. The smallest absolute Gasteiger partial charge is 0.148 e. The van der Waals surface area contributed by atoms with Crippen molar-refractivity contribution in [2.75, 3.05) is 11.9 Å². The molecule has 0 saturated carbocycles. The first-order valence-electron chi connectivity index (χ1n) is 9.98. The van der Waals surface area contributed by atoms with Crippen molar-refractivity contribution in [1.82, 2.24) is 9.97 Å². The predicted octanol–water partition coefficient (Wildman–Crippen LogP) is 5.55. The lowest BCUT2D eigenvalue weighted by molar-refractivity contribution is 0.628. The summed E-state index contributed by atoms with van der Waals surface area (Å²) in [5, 5.41) is 9.50. The number of aromatic nitrogens is 2. The van der Waals surface area contributed by atoms with E-state index in [4.69, 9.17) is 0 Å². The minimum absolute atomic E-state index is 0.267. The molecule has 0 bridgehead atoms. The zero-order valence-corrected chi connectivity index (χ0v) is 17.2. The third-order valence-corrected chi connectivity index (χ3v) is 5.45. The Labute approximate surface area is 181 Å². The molecule has 0 saturated heterocycles. The molecule has 0 amide bonds. The van der Waals surface area contributed by atoms with Gasteiger partial charge in [-0.05, 0) is 72.5 Å². The fourth-order valence-electron chi connectivity index (χ4n) is 3.86. The maximum absolute atomic E-state index is 13.4. The van der Waals surface area contributed by atoms with Gasteiger partial charge in [0.25, 0.3) is 0 Å². The fourth-order valence-corrected chi connectivity index (χ4v) is 3.86. The summed E-state index contributed by atoms with van der Waals surface area (Å²) < 4.78 is 13.4. The van der Waals surface area contributed by atoms with E-state index in [-0.39, 0.29) is 5.82 Å². The van der Waals surface area contributed by atoms with Crippen molar-refractivity contribution in [1.29, 1.82) is 5.26 Å². The van der Waals surface area contributed by atoms with Crippen LogP contribution in [0.5, 0.6) is 0 Å². The van der Waals surface area contributed by atoms with Gasteiger partial charge in [0.1, 0.15) is 17.6 Å². The van der Waals surface area contributed by atoms with Crippen LogP contribution < -0.4 is 4.90 Å². The Bertz CT molecular complexity index is 1230. The van der Waals surface area contributed by atoms with E-state index >= 15 is 0 Å². The summed E-state index contributed by atoms with van der Waals surface area (Å²) in [6, 6.07) is 16.3. The second-order valence-electron chi connectivity index (χ2n) is 7.22. The maximum Gasteiger partial charge on any atom is 0.148 e. The number of hydrogen-bond acceptors (Lipinski definition) is 4. The zero-order chi connectivity index (χ0) is 21.8. The lowest BCUT2D eigenvalue weighted by Gasteiger charge is -2.29. The van der Waals surface area contributed by atoms with Crippen LogP contribution in [0.4, 0.5) is 10.1 Å². The Hall–Kier alpha value is -4.04. The highest BCUT2D eigenvalue weighted by Crippen LogP contribution is 2.36. The first-order chi connectivity index (χ1) is 15.1. The summed E-state index contributed by atoms with van der Waals surface area (Å²) in [7, 11) is 1.97. The molecule has 0 atom stereocenters. The van der Waals surface area contributed by atoms with Crippen LogP contribution in [0.25, 0.3) is 11.1 Å². The molecule has 0 fully saturated rings. The van der Waals surface area contributed by atoms with Crippen LogP contribution in [0, 0.1) is 17.1 Å². The van der Waals surface area contributed by atoms with Crippen LogP contribution in [0.15, 0.2) is 85.4 Å². The van der Waals surface area contributed by atoms with Gasteiger partial charge >= 0.3 is 0 Å². The van der Waals surface area contributed by atoms with Gasteiger partial charge in [-0.1, -0.05) is 18.7 Å². The van der Waals surface area contributed by atoms with Gasteiger partial charge in [-0.25, -0.2) is 9.37 Å². The number of nitriles is 1. The van der Waals surface area contributed by atoms with Crippen molar-refractivity contribution >= 4 is 16.8 Å². The Kier molecular flexibility index (Phi) is 5.72. The summed E-state index contributed by atoms with van der Waals surface area (Å²) in [6.45, 7) is 3.97. The Morgan fingerprint density at radius 1 is 1.10 bits per heavy atom. The zero-order valence-electron chi connectivity index (χ0n) is 17.2. The number of rotatable bonds is 5. The highest BCUT2D eigenvalue weighted by Gasteiger charge is 2.23. The van der Waals surface area contributed by atoms with Gasteiger partial charge in [0.05, 0.1) is 5.69 Å². The number of aryl methyl sites for hydroxylation is 1.